The Hall–Kier alpha value is -2.52. The molecule has 1 saturated heterocycles. The number of hydrogen-bond acceptors (Lipinski definition) is 6. The molecule has 3 heterocycles. The summed E-state index contributed by atoms with van der Waals surface area (Å²) in [6.45, 7) is 3.05. The number of fused-ring (bicyclic) bond motifs is 1. The maximum Gasteiger partial charge on any atom is 0.344 e. The van der Waals surface area contributed by atoms with Crippen molar-refractivity contribution < 1.29 is 13.9 Å². The van der Waals surface area contributed by atoms with Crippen LogP contribution < -0.4 is 11.0 Å². The summed E-state index contributed by atoms with van der Waals surface area (Å²) in [5.74, 6) is 0.701. The summed E-state index contributed by atoms with van der Waals surface area (Å²) in [6.07, 6.45) is 1.95. The summed E-state index contributed by atoms with van der Waals surface area (Å²) in [7, 11) is 0. The summed E-state index contributed by atoms with van der Waals surface area (Å²) in [5, 5.41) is 10.9. The van der Waals surface area contributed by atoms with Crippen LogP contribution in [0.2, 0.25) is 0 Å². The molecule has 3 aromatic rings. The molecule has 0 aliphatic carbocycles. The minimum Gasteiger partial charge on any atom is -0.459 e. The standard InChI is InChI=1S/C19H22N4O4S/c1-12(16-9-13-5-2-3-7-15(13)27-16)20-17(24)11-28-19-22-21-18(25)23(19)10-14-6-4-8-26-14/h2-3,5,7,9,12,14H,4,6,8,10-11H2,1H3,(H,20,24)(H,21,25)/t12-,14-/m1/s1. The fourth-order valence-corrected chi connectivity index (χ4v) is 4.03. The Morgan fingerprint density at radius 1 is 1.46 bits per heavy atom. The fourth-order valence-electron chi connectivity index (χ4n) is 3.27. The van der Waals surface area contributed by atoms with Gasteiger partial charge in [-0.05, 0) is 31.9 Å². The first-order valence-corrected chi connectivity index (χ1v) is 10.3. The quantitative estimate of drug-likeness (QED) is 0.589. The Bertz CT molecular complexity index is 985. The first-order valence-electron chi connectivity index (χ1n) is 9.27. The van der Waals surface area contributed by atoms with Crippen LogP contribution >= 0.6 is 11.8 Å². The number of rotatable bonds is 7. The summed E-state index contributed by atoms with van der Waals surface area (Å²) >= 11 is 1.22. The highest BCUT2D eigenvalue weighted by molar-refractivity contribution is 7.99. The molecular formula is C19H22N4O4S. The Morgan fingerprint density at radius 2 is 2.32 bits per heavy atom. The van der Waals surface area contributed by atoms with Crippen LogP contribution in [0.25, 0.3) is 11.0 Å². The molecule has 148 valence electrons. The van der Waals surface area contributed by atoms with Crippen LogP contribution in [-0.4, -0.2) is 39.1 Å². The van der Waals surface area contributed by atoms with Crippen molar-refractivity contribution >= 4 is 28.6 Å². The lowest BCUT2D eigenvalue weighted by molar-refractivity contribution is -0.119. The van der Waals surface area contributed by atoms with Crippen LogP contribution in [0.15, 0.2) is 44.7 Å². The van der Waals surface area contributed by atoms with E-state index in [-0.39, 0.29) is 29.5 Å². The highest BCUT2D eigenvalue weighted by Crippen LogP contribution is 2.24. The highest BCUT2D eigenvalue weighted by atomic mass is 32.2. The van der Waals surface area contributed by atoms with Crippen LogP contribution in [0.5, 0.6) is 0 Å². The molecule has 1 aromatic carbocycles. The van der Waals surface area contributed by atoms with Gasteiger partial charge in [0.05, 0.1) is 24.4 Å². The molecule has 2 aromatic heterocycles. The van der Waals surface area contributed by atoms with Gasteiger partial charge in [0.1, 0.15) is 11.3 Å². The van der Waals surface area contributed by atoms with Crippen LogP contribution in [-0.2, 0) is 16.1 Å². The molecule has 0 unspecified atom stereocenters. The smallest absolute Gasteiger partial charge is 0.344 e. The van der Waals surface area contributed by atoms with Gasteiger partial charge >= 0.3 is 5.69 Å². The summed E-state index contributed by atoms with van der Waals surface area (Å²) in [6, 6.07) is 9.40. The molecule has 4 rings (SSSR count). The van der Waals surface area contributed by atoms with Gasteiger partial charge in [-0.1, -0.05) is 30.0 Å². The first-order chi connectivity index (χ1) is 13.6. The van der Waals surface area contributed by atoms with Crippen molar-refractivity contribution in [2.45, 2.75) is 43.6 Å². The van der Waals surface area contributed by atoms with Crippen LogP contribution in [0.4, 0.5) is 0 Å². The van der Waals surface area contributed by atoms with Crippen LogP contribution in [0.3, 0.4) is 0 Å². The molecule has 0 spiro atoms. The molecule has 28 heavy (non-hydrogen) atoms. The number of amides is 1. The monoisotopic (exact) mass is 402 g/mol. The zero-order valence-corrected chi connectivity index (χ0v) is 16.3. The van der Waals surface area contributed by atoms with Crippen LogP contribution in [0.1, 0.15) is 31.6 Å². The van der Waals surface area contributed by atoms with E-state index in [4.69, 9.17) is 9.15 Å². The number of carbonyl (C=O) groups excluding carboxylic acids is 1. The van der Waals surface area contributed by atoms with E-state index in [1.165, 1.54) is 16.3 Å². The third-order valence-electron chi connectivity index (χ3n) is 4.71. The molecule has 1 fully saturated rings. The summed E-state index contributed by atoms with van der Waals surface area (Å²) in [5.41, 5.74) is 0.511. The minimum atomic E-state index is -0.283. The van der Waals surface area contributed by atoms with Crippen molar-refractivity contribution in [3.05, 3.63) is 46.6 Å². The van der Waals surface area contributed by atoms with Gasteiger partial charge in [-0.15, -0.1) is 5.10 Å². The van der Waals surface area contributed by atoms with Crippen molar-refractivity contribution in [1.82, 2.24) is 20.1 Å². The molecule has 0 bridgehead atoms. The van der Waals surface area contributed by atoms with Gasteiger partial charge in [0, 0.05) is 12.0 Å². The lowest BCUT2D eigenvalue weighted by atomic mass is 10.2. The second-order valence-electron chi connectivity index (χ2n) is 6.82. The molecule has 0 radical (unpaired) electrons. The fraction of sp³-hybridized carbons (Fsp3) is 0.421. The van der Waals surface area contributed by atoms with Gasteiger partial charge in [-0.3, -0.25) is 9.36 Å². The van der Waals surface area contributed by atoms with Crippen molar-refractivity contribution in [2.24, 2.45) is 0 Å². The number of hydrogen-bond donors (Lipinski definition) is 2. The van der Waals surface area contributed by atoms with E-state index in [2.05, 4.69) is 15.5 Å². The largest absolute Gasteiger partial charge is 0.459 e. The van der Waals surface area contributed by atoms with Crippen molar-refractivity contribution in [2.75, 3.05) is 12.4 Å². The van der Waals surface area contributed by atoms with E-state index >= 15 is 0 Å². The number of ether oxygens (including phenoxy) is 1. The molecule has 8 nitrogen and oxygen atoms in total. The predicted octanol–water partition coefficient (Wildman–Crippen LogP) is 2.47. The lowest BCUT2D eigenvalue weighted by Gasteiger charge is -2.12. The highest BCUT2D eigenvalue weighted by Gasteiger charge is 2.21. The molecular weight excluding hydrogens is 380 g/mol. The number of thioether (sulfide) groups is 1. The maximum atomic E-state index is 12.4. The Labute approximate surface area is 165 Å². The first kappa shape index (κ1) is 18.8. The second-order valence-corrected chi connectivity index (χ2v) is 7.76. The van der Waals surface area contributed by atoms with E-state index in [0.29, 0.717) is 17.5 Å². The van der Waals surface area contributed by atoms with E-state index in [0.717, 1.165) is 30.4 Å². The van der Waals surface area contributed by atoms with E-state index in [1.54, 1.807) is 0 Å². The molecule has 2 atom stereocenters. The van der Waals surface area contributed by atoms with E-state index < -0.39 is 0 Å². The number of H-pyrrole nitrogens is 1. The normalized spacial score (nSPS) is 17.8. The second kappa shape index (κ2) is 8.24. The molecule has 9 heteroatoms. The average molecular weight is 402 g/mol. The third kappa shape index (κ3) is 4.15. The van der Waals surface area contributed by atoms with Gasteiger partial charge in [-0.2, -0.15) is 0 Å². The Kier molecular flexibility index (Phi) is 5.54. The number of para-hydroxylation sites is 1. The lowest BCUT2D eigenvalue weighted by Crippen LogP contribution is -2.28. The van der Waals surface area contributed by atoms with Gasteiger partial charge < -0.3 is 14.5 Å². The number of furan rings is 1. The van der Waals surface area contributed by atoms with Gasteiger partial charge in [0.25, 0.3) is 0 Å². The van der Waals surface area contributed by atoms with Gasteiger partial charge in [0.2, 0.25) is 5.91 Å². The topological polar surface area (TPSA) is 102 Å². The Morgan fingerprint density at radius 3 is 3.11 bits per heavy atom. The molecule has 1 aliphatic rings. The number of benzene rings is 1. The molecule has 1 amide bonds. The predicted molar refractivity (Wildman–Crippen MR) is 105 cm³/mol. The van der Waals surface area contributed by atoms with Gasteiger partial charge in [0.15, 0.2) is 5.16 Å². The summed E-state index contributed by atoms with van der Waals surface area (Å²) in [4.78, 5) is 24.3. The van der Waals surface area contributed by atoms with Crippen molar-refractivity contribution in [3.8, 4) is 0 Å². The number of nitrogens with one attached hydrogen (secondary N) is 2. The number of carbonyl (C=O) groups is 1. The zero-order valence-electron chi connectivity index (χ0n) is 15.5. The average Bonchev–Trinajstić information content (AvgIpc) is 3.42. The number of aromatic nitrogens is 3. The van der Waals surface area contributed by atoms with Crippen molar-refractivity contribution in [1.29, 1.82) is 0 Å². The zero-order chi connectivity index (χ0) is 19.5. The minimum absolute atomic E-state index is 0.0246. The summed E-state index contributed by atoms with van der Waals surface area (Å²) < 4.78 is 12.9. The molecule has 1 aliphatic heterocycles. The van der Waals surface area contributed by atoms with E-state index in [9.17, 15) is 9.59 Å². The van der Waals surface area contributed by atoms with Crippen LogP contribution in [0, 0.1) is 0 Å². The maximum absolute atomic E-state index is 12.4. The van der Waals surface area contributed by atoms with Crippen molar-refractivity contribution in [3.63, 3.8) is 0 Å². The van der Waals surface area contributed by atoms with Gasteiger partial charge in [-0.25, -0.2) is 9.89 Å². The Balaban J connectivity index is 1.34. The molecule has 0 saturated carbocycles. The third-order valence-corrected chi connectivity index (χ3v) is 5.69. The molecule has 2 N–H and O–H groups in total. The van der Waals surface area contributed by atoms with E-state index in [1.807, 2.05) is 37.3 Å². The number of aromatic amines is 1. The number of nitrogens with zero attached hydrogens (tertiary/aromatic N) is 2. The SMILES string of the molecule is C[C@@H](NC(=O)CSc1n[nH]c(=O)n1C[C@H]1CCCO1)c1cc2ccccc2o1.